The third kappa shape index (κ3) is 4.46. The molecule has 0 radical (unpaired) electrons. The van der Waals surface area contributed by atoms with Gasteiger partial charge in [-0.3, -0.25) is 4.79 Å². The van der Waals surface area contributed by atoms with Crippen molar-refractivity contribution < 1.29 is 14.3 Å². The van der Waals surface area contributed by atoms with Crippen LogP contribution in [0.25, 0.3) is 0 Å². The van der Waals surface area contributed by atoms with Gasteiger partial charge in [0.25, 0.3) is 0 Å². The number of nitrogens with zero attached hydrogens (tertiary/aromatic N) is 2. The van der Waals surface area contributed by atoms with Gasteiger partial charge in [-0.2, -0.15) is 0 Å². The Bertz CT molecular complexity index is 401. The molecule has 2 saturated heterocycles. The summed E-state index contributed by atoms with van der Waals surface area (Å²) >= 11 is 0. The van der Waals surface area contributed by atoms with E-state index >= 15 is 0 Å². The van der Waals surface area contributed by atoms with Crippen LogP contribution < -0.4 is 0 Å². The van der Waals surface area contributed by atoms with Gasteiger partial charge in [0.15, 0.2) is 0 Å². The highest BCUT2D eigenvalue weighted by atomic mass is 16.5. The molecule has 3 rings (SSSR count). The summed E-state index contributed by atoms with van der Waals surface area (Å²) in [5.41, 5.74) is 0.330. The summed E-state index contributed by atoms with van der Waals surface area (Å²) in [6.45, 7) is 5.77. The first-order valence-corrected chi connectivity index (χ1v) is 9.17. The Kier molecular flexibility index (Phi) is 5.60. The van der Waals surface area contributed by atoms with E-state index in [9.17, 15) is 4.79 Å². The van der Waals surface area contributed by atoms with Crippen LogP contribution in [0, 0.1) is 17.3 Å². The largest absolute Gasteiger partial charge is 0.381 e. The Hall–Kier alpha value is -0.650. The molecular formula is C18H32N2O3. The van der Waals surface area contributed by atoms with Crippen LogP contribution in [0.15, 0.2) is 0 Å². The van der Waals surface area contributed by atoms with Gasteiger partial charge in [-0.15, -0.1) is 0 Å². The number of rotatable bonds is 6. The van der Waals surface area contributed by atoms with E-state index in [-0.39, 0.29) is 5.91 Å². The second-order valence-corrected chi connectivity index (χ2v) is 7.98. The third-order valence-corrected chi connectivity index (χ3v) is 5.86. The summed E-state index contributed by atoms with van der Waals surface area (Å²) in [4.78, 5) is 16.2. The lowest BCUT2D eigenvalue weighted by Crippen LogP contribution is -2.51. The normalized spacial score (nSPS) is 27.6. The summed E-state index contributed by atoms with van der Waals surface area (Å²) in [6, 6.07) is 0. The van der Waals surface area contributed by atoms with Gasteiger partial charge in [0.1, 0.15) is 0 Å². The average Bonchev–Trinajstić information content (AvgIpc) is 3.34. The predicted molar refractivity (Wildman–Crippen MR) is 89.3 cm³/mol. The van der Waals surface area contributed by atoms with E-state index in [1.165, 1.54) is 12.8 Å². The van der Waals surface area contributed by atoms with Gasteiger partial charge < -0.3 is 19.3 Å². The molecule has 132 valence electrons. The van der Waals surface area contributed by atoms with Crippen LogP contribution in [-0.4, -0.2) is 75.9 Å². The van der Waals surface area contributed by atoms with Gasteiger partial charge in [0.2, 0.25) is 5.91 Å². The van der Waals surface area contributed by atoms with E-state index in [1.807, 2.05) is 23.9 Å². The van der Waals surface area contributed by atoms with Crippen LogP contribution in [0.2, 0.25) is 0 Å². The number of hydrogen-bond acceptors (Lipinski definition) is 4. The zero-order chi connectivity index (χ0) is 16.3. The number of piperidine rings is 1. The van der Waals surface area contributed by atoms with E-state index in [1.54, 1.807) is 0 Å². The molecule has 1 saturated carbocycles. The van der Waals surface area contributed by atoms with Gasteiger partial charge in [0.05, 0.1) is 19.8 Å². The smallest absolute Gasteiger partial charge is 0.236 e. The maximum absolute atomic E-state index is 12.3. The lowest BCUT2D eigenvalue weighted by molar-refractivity contribution is -0.139. The van der Waals surface area contributed by atoms with E-state index in [4.69, 9.17) is 9.47 Å². The van der Waals surface area contributed by atoms with Gasteiger partial charge >= 0.3 is 0 Å². The minimum atomic E-state index is 0.262. The summed E-state index contributed by atoms with van der Waals surface area (Å²) in [5.74, 6) is 1.58. The van der Waals surface area contributed by atoms with E-state index in [0.717, 1.165) is 64.7 Å². The van der Waals surface area contributed by atoms with E-state index in [2.05, 4.69) is 0 Å². The van der Waals surface area contributed by atoms with Crippen molar-refractivity contribution in [2.24, 2.45) is 17.3 Å². The van der Waals surface area contributed by atoms with Gasteiger partial charge in [-0.1, -0.05) is 0 Å². The highest BCUT2D eigenvalue weighted by Crippen LogP contribution is 2.45. The molecule has 23 heavy (non-hydrogen) atoms. The van der Waals surface area contributed by atoms with Gasteiger partial charge in [-0.25, -0.2) is 0 Å². The molecule has 0 unspecified atom stereocenters. The number of carbonyl (C=O) groups is 1. The minimum Gasteiger partial charge on any atom is -0.381 e. The van der Waals surface area contributed by atoms with Crippen molar-refractivity contribution in [3.8, 4) is 0 Å². The number of hydrogen-bond donors (Lipinski definition) is 0. The fraction of sp³-hybridized carbons (Fsp3) is 0.944. The molecule has 3 fully saturated rings. The Labute approximate surface area is 140 Å². The van der Waals surface area contributed by atoms with Crippen molar-refractivity contribution in [2.45, 2.75) is 32.1 Å². The molecule has 1 aliphatic carbocycles. The van der Waals surface area contributed by atoms with Crippen LogP contribution in [0.1, 0.15) is 32.1 Å². The number of amides is 1. The Morgan fingerprint density at radius 3 is 2.61 bits per heavy atom. The van der Waals surface area contributed by atoms with Crippen LogP contribution in [0.3, 0.4) is 0 Å². The molecule has 0 aromatic carbocycles. The monoisotopic (exact) mass is 324 g/mol. The van der Waals surface area contributed by atoms with Crippen molar-refractivity contribution in [3.05, 3.63) is 0 Å². The molecule has 2 aliphatic heterocycles. The minimum absolute atomic E-state index is 0.262. The van der Waals surface area contributed by atoms with E-state index < -0.39 is 0 Å². The number of carbonyl (C=O) groups excluding carboxylic acids is 1. The molecule has 0 aromatic rings. The van der Waals surface area contributed by atoms with Gasteiger partial charge in [0, 0.05) is 32.2 Å². The maximum atomic E-state index is 12.3. The molecule has 3 aliphatic rings. The number of likely N-dealkylation sites (tertiary alicyclic amines) is 1. The summed E-state index contributed by atoms with van der Waals surface area (Å²) in [5, 5.41) is 0. The first-order valence-electron chi connectivity index (χ1n) is 9.17. The lowest BCUT2D eigenvalue weighted by Gasteiger charge is -2.49. The molecule has 1 amide bonds. The molecule has 2 heterocycles. The van der Waals surface area contributed by atoms with Crippen molar-refractivity contribution >= 4 is 5.91 Å². The Morgan fingerprint density at radius 2 is 1.96 bits per heavy atom. The van der Waals surface area contributed by atoms with Crippen LogP contribution in [0.4, 0.5) is 0 Å². The second kappa shape index (κ2) is 7.49. The molecule has 0 N–H and O–H groups in total. The van der Waals surface area contributed by atoms with Crippen LogP contribution in [-0.2, 0) is 14.3 Å². The molecule has 1 atom stereocenters. The Morgan fingerprint density at radius 1 is 1.22 bits per heavy atom. The predicted octanol–water partition coefficient (Wildman–Crippen LogP) is 1.62. The number of likely N-dealkylation sites (N-methyl/N-ethyl adjacent to an activating group) is 1. The summed E-state index contributed by atoms with van der Waals surface area (Å²) in [7, 11) is 3.91. The fourth-order valence-corrected chi connectivity index (χ4v) is 4.00. The third-order valence-electron chi connectivity index (χ3n) is 5.86. The molecule has 0 bridgehead atoms. The lowest BCUT2D eigenvalue weighted by atomic mass is 9.66. The average molecular weight is 324 g/mol. The van der Waals surface area contributed by atoms with Crippen LogP contribution >= 0.6 is 0 Å². The molecule has 5 nitrogen and oxygen atoms in total. The van der Waals surface area contributed by atoms with Crippen LogP contribution in [0.5, 0.6) is 0 Å². The quantitative estimate of drug-likeness (QED) is 0.745. The van der Waals surface area contributed by atoms with Crippen molar-refractivity contribution in [1.29, 1.82) is 0 Å². The molecular weight excluding hydrogens is 292 g/mol. The standard InChI is InChI=1S/C18H32N2O3/c1-19(2)11-17(21)20-8-5-18(6-9-20)7-10-22-13-16(18)14-23-12-15-3-4-15/h15-16H,3-14H2,1-2H3/t16-/m0/s1. The summed E-state index contributed by atoms with van der Waals surface area (Å²) in [6.07, 6.45) is 6.02. The molecule has 0 aromatic heterocycles. The zero-order valence-electron chi connectivity index (χ0n) is 14.8. The van der Waals surface area contributed by atoms with Crippen molar-refractivity contribution in [2.75, 3.05) is 60.2 Å². The second-order valence-electron chi connectivity index (χ2n) is 7.98. The molecule has 5 heteroatoms. The van der Waals surface area contributed by atoms with Gasteiger partial charge in [-0.05, 0) is 57.5 Å². The first-order chi connectivity index (χ1) is 11.1. The van der Waals surface area contributed by atoms with Crippen molar-refractivity contribution in [3.63, 3.8) is 0 Å². The van der Waals surface area contributed by atoms with Crippen molar-refractivity contribution in [1.82, 2.24) is 9.80 Å². The molecule has 1 spiro atoms. The fourth-order valence-electron chi connectivity index (χ4n) is 4.00. The maximum Gasteiger partial charge on any atom is 0.236 e. The first kappa shape index (κ1) is 17.2. The Balaban J connectivity index is 1.51. The highest BCUT2D eigenvalue weighted by Gasteiger charge is 2.44. The zero-order valence-corrected chi connectivity index (χ0v) is 14.8. The topological polar surface area (TPSA) is 42.0 Å². The number of ether oxygens (including phenoxy) is 2. The van der Waals surface area contributed by atoms with E-state index in [0.29, 0.717) is 17.9 Å². The SMILES string of the molecule is CN(C)CC(=O)N1CCC2(CCOC[C@H]2COCC2CC2)CC1. The highest BCUT2D eigenvalue weighted by molar-refractivity contribution is 5.78. The summed E-state index contributed by atoms with van der Waals surface area (Å²) < 4.78 is 11.7.